The molecule has 27 heavy (non-hydrogen) atoms. The van der Waals surface area contributed by atoms with Gasteiger partial charge >= 0.3 is 0 Å². The Morgan fingerprint density at radius 2 is 2.19 bits per heavy atom. The number of nitrogens with zero attached hydrogens (tertiary/aromatic N) is 4. The van der Waals surface area contributed by atoms with Crippen LogP contribution in [0.5, 0.6) is 0 Å². The molecule has 1 atom stereocenters. The van der Waals surface area contributed by atoms with Crippen LogP contribution in [0, 0.1) is 12.8 Å². The highest BCUT2D eigenvalue weighted by molar-refractivity contribution is 9.10. The summed E-state index contributed by atoms with van der Waals surface area (Å²) < 4.78 is 3.08. The van der Waals surface area contributed by atoms with Crippen LogP contribution in [0.3, 0.4) is 0 Å². The molecule has 2 N–H and O–H groups in total. The predicted octanol–water partition coefficient (Wildman–Crippen LogP) is 3.38. The maximum absolute atomic E-state index is 4.65. The van der Waals surface area contributed by atoms with E-state index in [4.69, 9.17) is 0 Å². The second-order valence-electron chi connectivity index (χ2n) is 6.55. The molecule has 0 aliphatic rings. The van der Waals surface area contributed by atoms with Crippen LogP contribution in [0.25, 0.3) is 0 Å². The molecule has 1 heterocycles. The van der Waals surface area contributed by atoms with Crippen LogP contribution in [-0.4, -0.2) is 33.8 Å². The van der Waals surface area contributed by atoms with Gasteiger partial charge in [0.05, 0.1) is 0 Å². The summed E-state index contributed by atoms with van der Waals surface area (Å²) in [6, 6.07) is 8.50. The predicted molar refractivity (Wildman–Crippen MR) is 115 cm³/mol. The van der Waals surface area contributed by atoms with E-state index in [2.05, 4.69) is 79.5 Å². The van der Waals surface area contributed by atoms with Crippen molar-refractivity contribution in [2.45, 2.75) is 33.2 Å². The lowest BCUT2D eigenvalue weighted by atomic mass is 9.97. The Balaban J connectivity index is 1.97. The summed E-state index contributed by atoms with van der Waals surface area (Å²) in [6.07, 6.45) is 3.94. The van der Waals surface area contributed by atoms with Crippen LogP contribution >= 0.6 is 15.9 Å². The largest absolute Gasteiger partial charge is 0.356 e. The first-order valence-corrected chi connectivity index (χ1v) is 10.0. The van der Waals surface area contributed by atoms with Crippen molar-refractivity contribution in [3.63, 3.8) is 0 Å². The average molecular weight is 433 g/mol. The fourth-order valence-corrected chi connectivity index (χ4v) is 3.13. The highest BCUT2D eigenvalue weighted by atomic mass is 79.9. The van der Waals surface area contributed by atoms with Crippen molar-refractivity contribution in [2.24, 2.45) is 18.0 Å². The molecule has 0 radical (unpaired) electrons. The van der Waals surface area contributed by atoms with E-state index in [1.165, 1.54) is 5.56 Å². The molecule has 0 spiro atoms. The lowest BCUT2D eigenvalue weighted by molar-refractivity contribution is 0.494. The summed E-state index contributed by atoms with van der Waals surface area (Å²) in [4.78, 5) is 4.65. The minimum atomic E-state index is 0.478. The summed E-state index contributed by atoms with van der Waals surface area (Å²) in [6.45, 7) is 9.91. The first-order chi connectivity index (χ1) is 13.0. The van der Waals surface area contributed by atoms with E-state index >= 15 is 0 Å². The van der Waals surface area contributed by atoms with Gasteiger partial charge in [-0.3, -0.25) is 0 Å². The SMILES string of the molecule is C=CCNC(=NCc1nnc(C)n1C)NCC(CC)Cc1cccc(Br)c1. The third-order valence-electron chi connectivity index (χ3n) is 4.52. The molecule has 0 amide bonds. The van der Waals surface area contributed by atoms with Gasteiger partial charge in [-0.15, -0.1) is 16.8 Å². The zero-order valence-corrected chi connectivity index (χ0v) is 18.0. The molecule has 0 saturated heterocycles. The zero-order chi connectivity index (χ0) is 19.6. The minimum absolute atomic E-state index is 0.478. The number of nitrogens with one attached hydrogen (secondary N) is 2. The summed E-state index contributed by atoms with van der Waals surface area (Å²) in [5.74, 6) is 3.01. The van der Waals surface area contributed by atoms with Gasteiger partial charge < -0.3 is 15.2 Å². The fourth-order valence-electron chi connectivity index (χ4n) is 2.68. The van der Waals surface area contributed by atoms with Crippen molar-refractivity contribution >= 4 is 21.9 Å². The summed E-state index contributed by atoms with van der Waals surface area (Å²) >= 11 is 3.55. The average Bonchev–Trinajstić information content (AvgIpc) is 2.98. The van der Waals surface area contributed by atoms with Crippen molar-refractivity contribution in [3.05, 3.63) is 58.6 Å². The Kier molecular flexibility index (Phi) is 8.51. The Morgan fingerprint density at radius 3 is 2.81 bits per heavy atom. The van der Waals surface area contributed by atoms with Crippen molar-refractivity contribution in [2.75, 3.05) is 13.1 Å². The van der Waals surface area contributed by atoms with Crippen LogP contribution in [0.2, 0.25) is 0 Å². The number of guanidine groups is 1. The molecule has 1 aromatic carbocycles. The van der Waals surface area contributed by atoms with Crippen molar-refractivity contribution in [3.8, 4) is 0 Å². The van der Waals surface area contributed by atoms with Gasteiger partial charge in [0.15, 0.2) is 11.8 Å². The van der Waals surface area contributed by atoms with Crippen LogP contribution in [-0.2, 0) is 20.0 Å². The number of aliphatic imine (C=N–C) groups is 1. The normalized spacial score (nSPS) is 12.7. The molecular weight excluding hydrogens is 404 g/mol. The van der Waals surface area contributed by atoms with E-state index in [-0.39, 0.29) is 0 Å². The van der Waals surface area contributed by atoms with Crippen LogP contribution in [0.15, 0.2) is 46.4 Å². The van der Waals surface area contributed by atoms with Gasteiger partial charge in [-0.2, -0.15) is 0 Å². The minimum Gasteiger partial charge on any atom is -0.356 e. The molecule has 1 unspecified atom stereocenters. The monoisotopic (exact) mass is 432 g/mol. The smallest absolute Gasteiger partial charge is 0.191 e. The highest BCUT2D eigenvalue weighted by Gasteiger charge is 2.10. The maximum atomic E-state index is 4.65. The van der Waals surface area contributed by atoms with E-state index in [9.17, 15) is 0 Å². The highest BCUT2D eigenvalue weighted by Crippen LogP contribution is 2.16. The molecule has 2 rings (SSSR count). The van der Waals surface area contributed by atoms with Crippen LogP contribution < -0.4 is 10.6 Å². The number of hydrogen-bond donors (Lipinski definition) is 2. The van der Waals surface area contributed by atoms with Crippen LogP contribution in [0.4, 0.5) is 0 Å². The van der Waals surface area contributed by atoms with Gasteiger partial charge in [-0.1, -0.05) is 47.5 Å². The summed E-state index contributed by atoms with van der Waals surface area (Å²) in [5, 5.41) is 15.0. The molecule has 0 aliphatic carbocycles. The molecule has 7 heteroatoms. The first-order valence-electron chi connectivity index (χ1n) is 9.25. The Morgan fingerprint density at radius 1 is 1.37 bits per heavy atom. The third kappa shape index (κ3) is 6.82. The summed E-state index contributed by atoms with van der Waals surface area (Å²) in [5.41, 5.74) is 1.34. The fraction of sp³-hybridized carbons (Fsp3) is 0.450. The van der Waals surface area contributed by atoms with E-state index in [1.54, 1.807) is 0 Å². The maximum Gasteiger partial charge on any atom is 0.191 e. The van der Waals surface area contributed by atoms with E-state index in [1.807, 2.05) is 24.6 Å². The van der Waals surface area contributed by atoms with E-state index in [0.29, 0.717) is 19.0 Å². The van der Waals surface area contributed by atoms with Crippen molar-refractivity contribution < 1.29 is 0 Å². The molecule has 6 nitrogen and oxygen atoms in total. The topological polar surface area (TPSA) is 67.1 Å². The van der Waals surface area contributed by atoms with Gasteiger partial charge in [-0.05, 0) is 37.0 Å². The number of halogens is 1. The second-order valence-corrected chi connectivity index (χ2v) is 7.46. The molecule has 0 bridgehead atoms. The number of hydrogen-bond acceptors (Lipinski definition) is 3. The molecule has 1 aromatic heterocycles. The van der Waals surface area contributed by atoms with Gasteiger partial charge in [0, 0.05) is 24.6 Å². The first kappa shape index (κ1) is 21.2. The van der Waals surface area contributed by atoms with Gasteiger partial charge in [-0.25, -0.2) is 4.99 Å². The van der Waals surface area contributed by atoms with Gasteiger partial charge in [0.2, 0.25) is 0 Å². The number of rotatable bonds is 9. The lowest BCUT2D eigenvalue weighted by Gasteiger charge is -2.18. The molecule has 0 aliphatic heterocycles. The zero-order valence-electron chi connectivity index (χ0n) is 16.4. The molecule has 0 fully saturated rings. The second kappa shape index (κ2) is 10.9. The summed E-state index contributed by atoms with van der Waals surface area (Å²) in [7, 11) is 1.95. The Bertz CT molecular complexity index is 768. The van der Waals surface area contributed by atoms with Crippen molar-refractivity contribution in [1.29, 1.82) is 0 Å². The number of benzene rings is 1. The number of aryl methyl sites for hydroxylation is 1. The van der Waals surface area contributed by atoms with Crippen molar-refractivity contribution in [1.82, 2.24) is 25.4 Å². The molecule has 146 valence electrons. The molecular formula is C20H29BrN6. The van der Waals surface area contributed by atoms with Gasteiger partial charge in [0.1, 0.15) is 12.4 Å². The molecule has 2 aromatic rings. The van der Waals surface area contributed by atoms with E-state index in [0.717, 1.165) is 41.5 Å². The quantitative estimate of drug-likeness (QED) is 0.362. The Hall–Kier alpha value is -2.15. The van der Waals surface area contributed by atoms with E-state index < -0.39 is 0 Å². The lowest BCUT2D eigenvalue weighted by Crippen LogP contribution is -2.40. The third-order valence-corrected chi connectivity index (χ3v) is 5.02. The van der Waals surface area contributed by atoms with Crippen LogP contribution in [0.1, 0.15) is 30.6 Å². The molecule has 0 saturated carbocycles. The number of aromatic nitrogens is 3. The standard InChI is InChI=1S/C20H29BrN6/c1-5-10-22-20(24-14-19-26-25-15(3)27(19)4)23-13-16(6-2)11-17-8-7-9-18(21)12-17/h5,7-9,12,16H,1,6,10-11,13-14H2,2-4H3,(H2,22,23,24). The Labute approximate surface area is 170 Å². The van der Waals surface area contributed by atoms with Gasteiger partial charge in [0.25, 0.3) is 0 Å².